The van der Waals surface area contributed by atoms with Gasteiger partial charge in [-0.2, -0.15) is 5.26 Å². The summed E-state index contributed by atoms with van der Waals surface area (Å²) >= 11 is 0. The molecule has 3 rings (SSSR count). The highest BCUT2D eigenvalue weighted by molar-refractivity contribution is 5.96. The Kier molecular flexibility index (Phi) is 6.35. The zero-order valence-corrected chi connectivity index (χ0v) is 16.5. The van der Waals surface area contributed by atoms with E-state index >= 15 is 0 Å². The molecule has 0 aliphatic carbocycles. The number of nitrogens with one attached hydrogen (secondary N) is 1. The van der Waals surface area contributed by atoms with E-state index in [1.807, 2.05) is 6.07 Å². The number of hydrogen-bond donors (Lipinski definition) is 1. The van der Waals surface area contributed by atoms with Gasteiger partial charge in [0.05, 0.1) is 25.9 Å². The molecule has 0 atom stereocenters. The van der Waals surface area contributed by atoms with Crippen LogP contribution in [0.5, 0.6) is 11.5 Å². The van der Waals surface area contributed by atoms with Gasteiger partial charge < -0.3 is 19.7 Å². The van der Waals surface area contributed by atoms with E-state index in [-0.39, 0.29) is 17.7 Å². The van der Waals surface area contributed by atoms with Crippen LogP contribution in [0.25, 0.3) is 0 Å². The van der Waals surface area contributed by atoms with Crippen molar-refractivity contribution in [1.29, 1.82) is 5.26 Å². The molecule has 1 aliphatic heterocycles. The van der Waals surface area contributed by atoms with Gasteiger partial charge in [0.1, 0.15) is 0 Å². The van der Waals surface area contributed by atoms with Gasteiger partial charge in [-0.05, 0) is 55.3 Å². The summed E-state index contributed by atoms with van der Waals surface area (Å²) in [5.74, 6) is 0.780. The molecular weight excluding hydrogens is 370 g/mol. The highest BCUT2D eigenvalue weighted by Gasteiger charge is 2.28. The Labute approximate surface area is 169 Å². The van der Waals surface area contributed by atoms with Crippen LogP contribution in [-0.4, -0.2) is 44.0 Å². The van der Waals surface area contributed by atoms with Crippen molar-refractivity contribution in [3.05, 3.63) is 53.6 Å². The minimum absolute atomic E-state index is 0.0621. The molecule has 0 aromatic heterocycles. The van der Waals surface area contributed by atoms with Gasteiger partial charge in [0.2, 0.25) is 5.91 Å². The number of methoxy groups -OCH3 is 2. The summed E-state index contributed by atoms with van der Waals surface area (Å²) in [6.07, 6.45) is 1.20. The molecule has 2 amide bonds. The van der Waals surface area contributed by atoms with Crippen LogP contribution in [0.2, 0.25) is 0 Å². The van der Waals surface area contributed by atoms with Crippen molar-refractivity contribution in [3.8, 4) is 17.6 Å². The fraction of sp³-hybridized carbons (Fsp3) is 0.318. The van der Waals surface area contributed by atoms with Crippen molar-refractivity contribution in [2.75, 3.05) is 32.6 Å². The lowest BCUT2D eigenvalue weighted by Crippen LogP contribution is -2.41. The Morgan fingerprint density at radius 3 is 2.28 bits per heavy atom. The van der Waals surface area contributed by atoms with Gasteiger partial charge in [0, 0.05) is 30.3 Å². The Morgan fingerprint density at radius 2 is 1.69 bits per heavy atom. The molecule has 1 heterocycles. The number of hydrogen-bond acceptors (Lipinski definition) is 5. The monoisotopic (exact) mass is 393 g/mol. The topological polar surface area (TPSA) is 91.7 Å². The number of carbonyl (C=O) groups is 2. The van der Waals surface area contributed by atoms with Crippen molar-refractivity contribution < 1.29 is 19.1 Å². The van der Waals surface area contributed by atoms with E-state index in [9.17, 15) is 9.59 Å². The Morgan fingerprint density at radius 1 is 1.03 bits per heavy atom. The quantitative estimate of drug-likeness (QED) is 0.843. The fourth-order valence-electron chi connectivity index (χ4n) is 3.37. The van der Waals surface area contributed by atoms with Gasteiger partial charge in [-0.3, -0.25) is 9.59 Å². The summed E-state index contributed by atoms with van der Waals surface area (Å²) in [5, 5.41) is 11.7. The van der Waals surface area contributed by atoms with E-state index in [4.69, 9.17) is 14.7 Å². The van der Waals surface area contributed by atoms with Gasteiger partial charge >= 0.3 is 0 Å². The SMILES string of the molecule is COc1ccc(C(=O)N2CCC(C(=O)Nc3ccc(C#N)cc3)CC2)cc1OC. The van der Waals surface area contributed by atoms with Gasteiger partial charge in [-0.15, -0.1) is 0 Å². The smallest absolute Gasteiger partial charge is 0.253 e. The summed E-state index contributed by atoms with van der Waals surface area (Å²) in [5.41, 5.74) is 1.74. The molecule has 0 saturated carbocycles. The van der Waals surface area contributed by atoms with Crippen LogP contribution in [0.4, 0.5) is 5.69 Å². The number of benzene rings is 2. The zero-order valence-electron chi connectivity index (χ0n) is 16.5. The molecule has 0 spiro atoms. The number of rotatable bonds is 5. The first-order valence-corrected chi connectivity index (χ1v) is 9.38. The van der Waals surface area contributed by atoms with Crippen molar-refractivity contribution >= 4 is 17.5 Å². The first-order valence-electron chi connectivity index (χ1n) is 9.38. The molecule has 7 nitrogen and oxygen atoms in total. The van der Waals surface area contributed by atoms with Crippen LogP contribution in [-0.2, 0) is 4.79 Å². The third-order valence-corrected chi connectivity index (χ3v) is 5.06. The minimum Gasteiger partial charge on any atom is -0.493 e. The molecule has 150 valence electrons. The van der Waals surface area contributed by atoms with Crippen LogP contribution >= 0.6 is 0 Å². The van der Waals surface area contributed by atoms with Crippen LogP contribution in [0.1, 0.15) is 28.8 Å². The highest BCUT2D eigenvalue weighted by Crippen LogP contribution is 2.29. The summed E-state index contributed by atoms with van der Waals surface area (Å²) in [6, 6.07) is 13.9. The molecule has 1 fully saturated rings. The maximum absolute atomic E-state index is 12.8. The number of nitriles is 1. The van der Waals surface area contributed by atoms with Gasteiger partial charge in [0.25, 0.3) is 5.91 Å². The average Bonchev–Trinajstić information content (AvgIpc) is 2.78. The predicted molar refractivity (Wildman–Crippen MR) is 108 cm³/mol. The molecule has 2 aromatic rings. The molecule has 1 saturated heterocycles. The molecule has 1 aliphatic rings. The summed E-state index contributed by atoms with van der Waals surface area (Å²) in [6.45, 7) is 1.03. The molecule has 0 radical (unpaired) electrons. The minimum atomic E-state index is -0.153. The van der Waals surface area contributed by atoms with Crippen LogP contribution in [0, 0.1) is 17.2 Å². The van der Waals surface area contributed by atoms with E-state index < -0.39 is 0 Å². The number of carbonyl (C=O) groups excluding carboxylic acids is 2. The number of amides is 2. The van der Waals surface area contributed by atoms with E-state index in [0.717, 1.165) is 0 Å². The lowest BCUT2D eigenvalue weighted by atomic mass is 9.95. The maximum atomic E-state index is 12.8. The summed E-state index contributed by atoms with van der Waals surface area (Å²) in [7, 11) is 3.08. The lowest BCUT2D eigenvalue weighted by molar-refractivity contribution is -0.121. The molecule has 29 heavy (non-hydrogen) atoms. The summed E-state index contributed by atoms with van der Waals surface area (Å²) in [4.78, 5) is 27.1. The van der Waals surface area contributed by atoms with Crippen molar-refractivity contribution in [3.63, 3.8) is 0 Å². The molecule has 1 N–H and O–H groups in total. The molecule has 0 bridgehead atoms. The third-order valence-electron chi connectivity index (χ3n) is 5.06. The molecule has 0 unspecified atom stereocenters. The van der Waals surface area contributed by atoms with Crippen LogP contribution in [0.15, 0.2) is 42.5 Å². The molecule has 2 aromatic carbocycles. The number of anilines is 1. The largest absolute Gasteiger partial charge is 0.493 e. The summed E-state index contributed by atoms with van der Waals surface area (Å²) < 4.78 is 10.5. The second-order valence-corrected chi connectivity index (χ2v) is 6.81. The number of likely N-dealkylation sites (tertiary alicyclic amines) is 1. The Balaban J connectivity index is 1.57. The molecular formula is C22H23N3O4. The Bertz CT molecular complexity index is 926. The van der Waals surface area contributed by atoms with Crippen LogP contribution in [0.3, 0.4) is 0 Å². The van der Waals surface area contributed by atoms with Crippen molar-refractivity contribution in [2.24, 2.45) is 5.92 Å². The number of piperidine rings is 1. The van der Waals surface area contributed by atoms with Gasteiger partial charge in [-0.25, -0.2) is 0 Å². The standard InChI is InChI=1S/C22H23N3O4/c1-28-19-8-5-17(13-20(19)29-2)22(27)25-11-9-16(10-12-25)21(26)24-18-6-3-15(14-23)4-7-18/h3-8,13,16H,9-12H2,1-2H3,(H,24,26). The fourth-order valence-corrected chi connectivity index (χ4v) is 3.37. The highest BCUT2D eigenvalue weighted by atomic mass is 16.5. The van der Waals surface area contributed by atoms with E-state index in [2.05, 4.69) is 5.32 Å². The average molecular weight is 393 g/mol. The van der Waals surface area contributed by atoms with Crippen LogP contribution < -0.4 is 14.8 Å². The van der Waals surface area contributed by atoms with Gasteiger partial charge in [0.15, 0.2) is 11.5 Å². The lowest BCUT2D eigenvalue weighted by Gasteiger charge is -2.31. The van der Waals surface area contributed by atoms with E-state index in [0.29, 0.717) is 54.2 Å². The second-order valence-electron chi connectivity index (χ2n) is 6.81. The number of nitrogens with zero attached hydrogens (tertiary/aromatic N) is 2. The van der Waals surface area contributed by atoms with Crippen molar-refractivity contribution in [1.82, 2.24) is 4.90 Å². The normalized spacial score (nSPS) is 14.0. The third kappa shape index (κ3) is 4.66. The first kappa shape index (κ1) is 20.2. The number of ether oxygens (including phenoxy) is 2. The zero-order chi connectivity index (χ0) is 20.8. The first-order chi connectivity index (χ1) is 14.0. The van der Waals surface area contributed by atoms with Gasteiger partial charge in [-0.1, -0.05) is 0 Å². The maximum Gasteiger partial charge on any atom is 0.253 e. The van der Waals surface area contributed by atoms with E-state index in [1.54, 1.807) is 54.5 Å². The van der Waals surface area contributed by atoms with Crippen molar-refractivity contribution in [2.45, 2.75) is 12.8 Å². The molecule has 7 heteroatoms. The Hall–Kier alpha value is -3.53. The van der Waals surface area contributed by atoms with E-state index in [1.165, 1.54) is 7.11 Å². The second kappa shape index (κ2) is 9.11. The predicted octanol–water partition coefficient (Wildman–Crippen LogP) is 3.07.